The van der Waals surface area contributed by atoms with E-state index in [1.807, 2.05) is 0 Å². The maximum atomic E-state index is 11.4. The highest BCUT2D eigenvalue weighted by Crippen LogP contribution is 2.23. The second kappa shape index (κ2) is 5.16. The van der Waals surface area contributed by atoms with Crippen molar-refractivity contribution in [3.05, 3.63) is 54.5 Å². The summed E-state index contributed by atoms with van der Waals surface area (Å²) in [7, 11) is 1.34. The molecule has 0 aromatic carbocycles. The van der Waals surface area contributed by atoms with Gasteiger partial charge in [-0.1, -0.05) is 31.4 Å². The van der Waals surface area contributed by atoms with Crippen molar-refractivity contribution in [2.24, 2.45) is 0 Å². The molecule has 0 unspecified atom stereocenters. The fraction of sp³-hybridized carbons (Fsp3) is 0.154. The molecule has 0 N–H and O–H groups in total. The molecular formula is C13H14O3. The Balaban J connectivity index is 3.18. The minimum atomic E-state index is -0.408. The van der Waals surface area contributed by atoms with E-state index in [0.717, 1.165) is 5.57 Å². The predicted octanol–water partition coefficient (Wildman–Crippen LogP) is 3.13. The fourth-order valence-corrected chi connectivity index (χ4v) is 1.31. The maximum Gasteiger partial charge on any atom is 0.341 e. The molecule has 0 spiro atoms. The van der Waals surface area contributed by atoms with Crippen LogP contribution in [0.3, 0.4) is 0 Å². The van der Waals surface area contributed by atoms with Crippen LogP contribution in [0.5, 0.6) is 0 Å². The quantitative estimate of drug-likeness (QED) is 0.575. The van der Waals surface area contributed by atoms with Crippen LogP contribution in [0.2, 0.25) is 0 Å². The van der Waals surface area contributed by atoms with Gasteiger partial charge in [0.2, 0.25) is 0 Å². The van der Waals surface area contributed by atoms with E-state index in [9.17, 15) is 4.79 Å². The summed E-state index contributed by atoms with van der Waals surface area (Å²) in [5.74, 6) is 0.695. The Morgan fingerprint density at radius 3 is 2.69 bits per heavy atom. The van der Waals surface area contributed by atoms with Gasteiger partial charge in [0, 0.05) is 5.57 Å². The van der Waals surface area contributed by atoms with E-state index < -0.39 is 5.97 Å². The summed E-state index contributed by atoms with van der Waals surface area (Å²) in [6.07, 6.45) is 5.03. The maximum absolute atomic E-state index is 11.4. The van der Waals surface area contributed by atoms with Crippen molar-refractivity contribution >= 4 is 11.5 Å². The van der Waals surface area contributed by atoms with Crippen LogP contribution in [0.4, 0.5) is 0 Å². The van der Waals surface area contributed by atoms with Gasteiger partial charge in [-0.2, -0.15) is 0 Å². The van der Waals surface area contributed by atoms with E-state index in [1.54, 1.807) is 31.2 Å². The molecule has 0 amide bonds. The Bertz CT molecular complexity index is 450. The number of esters is 1. The molecule has 3 heteroatoms. The van der Waals surface area contributed by atoms with Gasteiger partial charge in [0.1, 0.15) is 17.1 Å². The van der Waals surface area contributed by atoms with E-state index in [-0.39, 0.29) is 0 Å². The normalized spacial score (nSPS) is 11.0. The number of hydrogen-bond donors (Lipinski definition) is 0. The van der Waals surface area contributed by atoms with Gasteiger partial charge in [0.15, 0.2) is 0 Å². The van der Waals surface area contributed by atoms with Gasteiger partial charge in [-0.05, 0) is 13.0 Å². The van der Waals surface area contributed by atoms with Crippen LogP contribution in [0, 0.1) is 6.92 Å². The number of aryl methyl sites for hydroxylation is 1. The zero-order valence-corrected chi connectivity index (χ0v) is 9.45. The largest absolute Gasteiger partial charge is 0.465 e. The van der Waals surface area contributed by atoms with E-state index in [0.29, 0.717) is 17.1 Å². The van der Waals surface area contributed by atoms with E-state index >= 15 is 0 Å². The third-order valence-corrected chi connectivity index (χ3v) is 2.12. The molecule has 1 aromatic rings. The molecular weight excluding hydrogens is 204 g/mol. The number of rotatable bonds is 4. The molecule has 0 fully saturated rings. The highest BCUT2D eigenvalue weighted by molar-refractivity contribution is 5.91. The number of carbonyl (C=O) groups excluding carboxylic acids is 1. The van der Waals surface area contributed by atoms with Gasteiger partial charge >= 0.3 is 5.97 Å². The molecule has 84 valence electrons. The van der Waals surface area contributed by atoms with Crippen LogP contribution in [0.1, 0.15) is 21.9 Å². The Labute approximate surface area is 94.7 Å². The molecule has 1 rings (SSSR count). The van der Waals surface area contributed by atoms with Gasteiger partial charge in [0.25, 0.3) is 0 Å². The van der Waals surface area contributed by atoms with Gasteiger partial charge in [-0.15, -0.1) is 0 Å². The van der Waals surface area contributed by atoms with Crippen molar-refractivity contribution in [1.82, 2.24) is 0 Å². The summed E-state index contributed by atoms with van der Waals surface area (Å²) in [5.41, 5.74) is 1.20. The molecule has 0 saturated heterocycles. The Morgan fingerprint density at radius 2 is 2.19 bits per heavy atom. The average molecular weight is 218 g/mol. The smallest absolute Gasteiger partial charge is 0.341 e. The van der Waals surface area contributed by atoms with Crippen LogP contribution in [0.25, 0.3) is 5.57 Å². The van der Waals surface area contributed by atoms with Crippen LogP contribution >= 0.6 is 0 Å². The molecule has 0 radical (unpaired) electrons. The zero-order valence-electron chi connectivity index (χ0n) is 9.45. The molecule has 0 atom stereocenters. The lowest BCUT2D eigenvalue weighted by molar-refractivity contribution is 0.0599. The van der Waals surface area contributed by atoms with Crippen molar-refractivity contribution in [1.29, 1.82) is 0 Å². The van der Waals surface area contributed by atoms with Crippen molar-refractivity contribution < 1.29 is 13.9 Å². The molecule has 1 heterocycles. The van der Waals surface area contributed by atoms with E-state index in [2.05, 4.69) is 17.9 Å². The number of methoxy groups -OCH3 is 1. The molecule has 0 aliphatic heterocycles. The number of allylic oxidation sites excluding steroid dienone is 4. The van der Waals surface area contributed by atoms with Crippen LogP contribution in [-0.2, 0) is 4.74 Å². The first-order chi connectivity index (χ1) is 7.63. The first-order valence-corrected chi connectivity index (χ1v) is 4.78. The third-order valence-electron chi connectivity index (χ3n) is 2.12. The second-order valence-electron chi connectivity index (χ2n) is 3.13. The topological polar surface area (TPSA) is 39.4 Å². The summed E-state index contributed by atoms with van der Waals surface area (Å²) in [4.78, 5) is 11.4. The molecule has 0 aliphatic carbocycles. The minimum Gasteiger partial charge on any atom is -0.465 e. The van der Waals surface area contributed by atoms with Gasteiger partial charge in [-0.3, -0.25) is 0 Å². The predicted molar refractivity (Wildman–Crippen MR) is 63.2 cm³/mol. The molecule has 0 bridgehead atoms. The Hall–Kier alpha value is -2.03. The van der Waals surface area contributed by atoms with E-state index in [1.165, 1.54) is 7.11 Å². The van der Waals surface area contributed by atoms with Gasteiger partial charge < -0.3 is 9.15 Å². The number of hydrogen-bond acceptors (Lipinski definition) is 3. The molecule has 16 heavy (non-hydrogen) atoms. The number of carbonyl (C=O) groups is 1. The summed E-state index contributed by atoms with van der Waals surface area (Å²) in [5, 5.41) is 0. The Kier molecular flexibility index (Phi) is 3.89. The van der Waals surface area contributed by atoms with Crippen LogP contribution in [-0.4, -0.2) is 13.1 Å². The SMILES string of the molecule is C=C/C=C(\C=C)c1cc(C(=O)OC)c(C)o1. The average Bonchev–Trinajstić information content (AvgIpc) is 2.67. The number of ether oxygens (including phenoxy) is 1. The van der Waals surface area contributed by atoms with Crippen molar-refractivity contribution in [3.8, 4) is 0 Å². The number of furan rings is 1. The first-order valence-electron chi connectivity index (χ1n) is 4.78. The lowest BCUT2D eigenvalue weighted by Gasteiger charge is -1.93. The molecule has 0 saturated carbocycles. The molecule has 3 nitrogen and oxygen atoms in total. The summed E-state index contributed by atoms with van der Waals surface area (Å²) >= 11 is 0. The third kappa shape index (κ3) is 2.31. The Morgan fingerprint density at radius 1 is 1.50 bits per heavy atom. The van der Waals surface area contributed by atoms with Gasteiger partial charge in [-0.25, -0.2) is 4.79 Å². The lowest BCUT2D eigenvalue weighted by atomic mass is 10.1. The van der Waals surface area contributed by atoms with E-state index in [4.69, 9.17) is 4.42 Å². The summed E-state index contributed by atoms with van der Waals surface area (Å²) < 4.78 is 10.1. The second-order valence-corrected chi connectivity index (χ2v) is 3.13. The minimum absolute atomic E-state index is 0.408. The summed E-state index contributed by atoms with van der Waals surface area (Å²) in [6, 6.07) is 1.64. The van der Waals surface area contributed by atoms with Crippen molar-refractivity contribution in [2.45, 2.75) is 6.92 Å². The molecule has 1 aromatic heterocycles. The lowest BCUT2D eigenvalue weighted by Crippen LogP contribution is -2.00. The van der Waals surface area contributed by atoms with Crippen LogP contribution < -0.4 is 0 Å². The fourth-order valence-electron chi connectivity index (χ4n) is 1.31. The highest BCUT2D eigenvalue weighted by atomic mass is 16.5. The standard InChI is InChI=1S/C13H14O3/c1-5-7-10(6-2)12-8-11(9(3)16-12)13(14)15-4/h5-8H,1-2H2,3-4H3/b10-7+. The first kappa shape index (κ1) is 12.0. The molecule has 0 aliphatic rings. The van der Waals surface area contributed by atoms with Crippen molar-refractivity contribution in [3.63, 3.8) is 0 Å². The summed E-state index contributed by atoms with van der Waals surface area (Å²) in [6.45, 7) is 8.98. The van der Waals surface area contributed by atoms with Crippen LogP contribution in [0.15, 0.2) is 41.9 Å². The monoisotopic (exact) mass is 218 g/mol. The van der Waals surface area contributed by atoms with Crippen molar-refractivity contribution in [2.75, 3.05) is 7.11 Å². The zero-order chi connectivity index (χ0) is 12.1. The highest BCUT2D eigenvalue weighted by Gasteiger charge is 2.16. The van der Waals surface area contributed by atoms with Gasteiger partial charge in [0.05, 0.1) is 7.11 Å².